The molecule has 0 unspecified atom stereocenters. The average molecular weight is 509 g/mol. The minimum absolute atomic E-state index is 0.0349. The Morgan fingerprint density at radius 1 is 1.08 bits per heavy atom. The van der Waals surface area contributed by atoms with E-state index in [2.05, 4.69) is 35.5 Å². The highest BCUT2D eigenvalue weighted by molar-refractivity contribution is 7.17. The number of thiophene rings is 1. The number of aromatic nitrogens is 7. The van der Waals surface area contributed by atoms with Gasteiger partial charge in [0.25, 0.3) is 0 Å². The fraction of sp³-hybridized carbons (Fsp3) is 0.115. The number of rotatable bonds is 6. The van der Waals surface area contributed by atoms with E-state index in [4.69, 9.17) is 4.98 Å². The number of aromatic amines is 2. The number of anilines is 1. The smallest absolute Gasteiger partial charge is 0.224 e. The second kappa shape index (κ2) is 9.03. The predicted octanol–water partition coefficient (Wildman–Crippen LogP) is 5.24. The molecule has 0 saturated carbocycles. The second-order valence-electron chi connectivity index (χ2n) is 8.41. The van der Waals surface area contributed by atoms with E-state index in [-0.39, 0.29) is 11.7 Å². The summed E-state index contributed by atoms with van der Waals surface area (Å²) in [5.74, 6) is 0.508. The van der Waals surface area contributed by atoms with Crippen LogP contribution in [0.4, 0.5) is 5.69 Å². The van der Waals surface area contributed by atoms with Gasteiger partial charge >= 0.3 is 0 Å². The van der Waals surface area contributed by atoms with Crippen LogP contribution in [0.15, 0.2) is 55.1 Å². The van der Waals surface area contributed by atoms with Gasteiger partial charge < -0.3 is 10.3 Å². The minimum atomic E-state index is -0.0857. The molecule has 11 heteroatoms. The van der Waals surface area contributed by atoms with Crippen molar-refractivity contribution in [1.29, 1.82) is 0 Å². The van der Waals surface area contributed by atoms with Gasteiger partial charge in [-0.2, -0.15) is 5.10 Å². The lowest BCUT2D eigenvalue weighted by Crippen LogP contribution is -2.09. The zero-order valence-electron chi connectivity index (χ0n) is 19.9. The Morgan fingerprint density at radius 3 is 2.78 bits per heavy atom. The van der Waals surface area contributed by atoms with Crippen molar-refractivity contribution >= 4 is 50.8 Å². The number of imidazole rings is 1. The number of fused-ring (bicyclic) bond motifs is 2. The van der Waals surface area contributed by atoms with Crippen molar-refractivity contribution in [2.24, 2.45) is 0 Å². The SMILES string of the molecule is CCC(=O)Nc1cncc(-c2cc3c(-c4nc5nccc(-c6ccc(C(C)=O)s6)c5[nH]4)n[nH]c3cn2)c1. The average Bonchev–Trinajstić information content (AvgIpc) is 3.66. The summed E-state index contributed by atoms with van der Waals surface area (Å²) in [6, 6.07) is 9.42. The number of hydrogen-bond donors (Lipinski definition) is 3. The van der Waals surface area contributed by atoms with Crippen molar-refractivity contribution in [1.82, 2.24) is 35.1 Å². The summed E-state index contributed by atoms with van der Waals surface area (Å²) in [4.78, 5) is 46.5. The normalized spacial score (nSPS) is 11.3. The van der Waals surface area contributed by atoms with Crippen molar-refractivity contribution in [2.75, 3.05) is 5.32 Å². The first-order chi connectivity index (χ1) is 18.0. The number of carbonyl (C=O) groups excluding carboxylic acids is 2. The summed E-state index contributed by atoms with van der Waals surface area (Å²) < 4.78 is 0. The van der Waals surface area contributed by atoms with Crippen LogP contribution in [0.3, 0.4) is 0 Å². The summed E-state index contributed by atoms with van der Waals surface area (Å²) >= 11 is 1.44. The molecule has 182 valence electrons. The van der Waals surface area contributed by atoms with Crippen molar-refractivity contribution in [3.63, 3.8) is 0 Å². The Labute approximate surface area is 214 Å². The Hall–Kier alpha value is -4.77. The molecule has 0 aliphatic rings. The van der Waals surface area contributed by atoms with E-state index in [1.807, 2.05) is 30.3 Å². The molecule has 0 aromatic carbocycles. The summed E-state index contributed by atoms with van der Waals surface area (Å²) in [7, 11) is 0. The zero-order chi connectivity index (χ0) is 25.5. The number of nitrogens with zero attached hydrogens (tertiary/aromatic N) is 5. The number of H-pyrrole nitrogens is 2. The molecule has 0 radical (unpaired) electrons. The van der Waals surface area contributed by atoms with Gasteiger partial charge in [0.2, 0.25) is 5.91 Å². The van der Waals surface area contributed by atoms with Gasteiger partial charge in [-0.25, -0.2) is 9.97 Å². The number of ketones is 1. The highest BCUT2D eigenvalue weighted by atomic mass is 32.1. The third kappa shape index (κ3) is 4.15. The number of amides is 1. The first-order valence-electron chi connectivity index (χ1n) is 11.6. The zero-order valence-corrected chi connectivity index (χ0v) is 20.7. The Bertz CT molecular complexity index is 1820. The maximum atomic E-state index is 11.8. The third-order valence-corrected chi connectivity index (χ3v) is 7.14. The summed E-state index contributed by atoms with van der Waals surface area (Å²) in [6.45, 7) is 3.36. The topological polar surface area (TPSA) is 142 Å². The largest absolute Gasteiger partial charge is 0.335 e. The standard InChI is InChI=1S/C26H20N8O2S/c1-3-22(36)30-15-8-14(10-27-11-15)18-9-17-19(12-29-18)33-34-24(17)26-31-23-16(6-7-28-25(23)32-26)21-5-4-20(37-21)13(2)35/h4-12H,3H2,1-2H3,(H,30,36)(H,33,34)(H,28,31,32). The molecule has 0 fully saturated rings. The number of hydrogen-bond acceptors (Lipinski definition) is 8. The van der Waals surface area contributed by atoms with Crippen LogP contribution in [0.5, 0.6) is 0 Å². The van der Waals surface area contributed by atoms with Gasteiger partial charge in [0.05, 0.1) is 39.7 Å². The van der Waals surface area contributed by atoms with Crippen molar-refractivity contribution in [3.8, 4) is 33.2 Å². The van der Waals surface area contributed by atoms with Crippen LogP contribution in [0, 0.1) is 0 Å². The van der Waals surface area contributed by atoms with Gasteiger partial charge in [0, 0.05) is 40.2 Å². The van der Waals surface area contributed by atoms with Gasteiger partial charge in [-0.05, 0) is 37.3 Å². The van der Waals surface area contributed by atoms with E-state index in [0.29, 0.717) is 39.8 Å². The van der Waals surface area contributed by atoms with Crippen LogP contribution in [0.2, 0.25) is 0 Å². The fourth-order valence-electron chi connectivity index (χ4n) is 4.05. The molecule has 1 amide bonds. The molecule has 6 aromatic heterocycles. The van der Waals surface area contributed by atoms with Crippen molar-refractivity contribution in [3.05, 3.63) is 60.0 Å². The molecular weight excluding hydrogens is 488 g/mol. The van der Waals surface area contributed by atoms with E-state index in [9.17, 15) is 9.59 Å². The first-order valence-corrected chi connectivity index (χ1v) is 12.4. The van der Waals surface area contributed by atoms with Crippen molar-refractivity contribution < 1.29 is 9.59 Å². The van der Waals surface area contributed by atoms with Crippen molar-refractivity contribution in [2.45, 2.75) is 20.3 Å². The van der Waals surface area contributed by atoms with Crippen LogP contribution in [0.1, 0.15) is 29.9 Å². The molecule has 3 N–H and O–H groups in total. The maximum absolute atomic E-state index is 11.8. The van der Waals surface area contributed by atoms with Crippen LogP contribution < -0.4 is 5.32 Å². The second-order valence-corrected chi connectivity index (χ2v) is 9.50. The number of Topliss-reactive ketones (excluding diaryl/α,β-unsaturated/α-hetero) is 1. The maximum Gasteiger partial charge on any atom is 0.224 e. The minimum Gasteiger partial charge on any atom is -0.335 e. The molecule has 6 rings (SSSR count). The molecule has 0 atom stereocenters. The molecule has 0 aliphatic carbocycles. The Kier molecular flexibility index (Phi) is 5.53. The van der Waals surface area contributed by atoms with E-state index in [1.165, 1.54) is 11.3 Å². The Balaban J connectivity index is 1.42. The summed E-state index contributed by atoms with van der Waals surface area (Å²) in [6.07, 6.45) is 7.09. The molecule has 0 spiro atoms. The van der Waals surface area contributed by atoms with Crippen LogP contribution in [-0.2, 0) is 4.79 Å². The van der Waals surface area contributed by atoms with Crippen LogP contribution in [0.25, 0.3) is 55.3 Å². The number of pyridine rings is 3. The molecule has 37 heavy (non-hydrogen) atoms. The molecule has 0 saturated heterocycles. The lowest BCUT2D eigenvalue weighted by molar-refractivity contribution is -0.115. The molecular formula is C26H20N8O2S. The van der Waals surface area contributed by atoms with Gasteiger partial charge in [0.1, 0.15) is 5.69 Å². The molecule has 6 heterocycles. The number of carbonyl (C=O) groups is 2. The number of nitrogens with one attached hydrogen (secondary N) is 3. The first kappa shape index (κ1) is 22.7. The molecule has 6 aromatic rings. The highest BCUT2D eigenvalue weighted by Crippen LogP contribution is 2.35. The fourth-order valence-corrected chi connectivity index (χ4v) is 4.99. The lowest BCUT2D eigenvalue weighted by atomic mass is 10.1. The van der Waals surface area contributed by atoms with Crippen LogP contribution >= 0.6 is 11.3 Å². The summed E-state index contributed by atoms with van der Waals surface area (Å²) in [5.41, 5.74) is 5.66. The quantitative estimate of drug-likeness (QED) is 0.261. The van der Waals surface area contributed by atoms with Gasteiger partial charge in [0.15, 0.2) is 17.3 Å². The summed E-state index contributed by atoms with van der Waals surface area (Å²) in [5, 5.41) is 11.2. The van der Waals surface area contributed by atoms with Crippen LogP contribution in [-0.4, -0.2) is 46.8 Å². The highest BCUT2D eigenvalue weighted by Gasteiger charge is 2.18. The molecule has 0 bridgehead atoms. The van der Waals surface area contributed by atoms with Gasteiger partial charge in [-0.15, -0.1) is 11.3 Å². The van der Waals surface area contributed by atoms with Gasteiger partial charge in [-0.3, -0.25) is 24.7 Å². The van der Waals surface area contributed by atoms with E-state index in [1.54, 1.807) is 38.6 Å². The third-order valence-electron chi connectivity index (χ3n) is 5.92. The Morgan fingerprint density at radius 2 is 1.97 bits per heavy atom. The molecule has 10 nitrogen and oxygen atoms in total. The van der Waals surface area contributed by atoms with E-state index >= 15 is 0 Å². The predicted molar refractivity (Wildman–Crippen MR) is 142 cm³/mol. The monoisotopic (exact) mass is 508 g/mol. The lowest BCUT2D eigenvalue weighted by Gasteiger charge is -2.06. The van der Waals surface area contributed by atoms with E-state index < -0.39 is 0 Å². The van der Waals surface area contributed by atoms with E-state index in [0.717, 1.165) is 32.4 Å². The molecule has 0 aliphatic heterocycles. The van der Waals surface area contributed by atoms with Gasteiger partial charge in [-0.1, -0.05) is 6.92 Å².